The van der Waals surface area contributed by atoms with E-state index in [1.807, 2.05) is 16.7 Å². The average Bonchev–Trinajstić information content (AvgIpc) is 3.04. The Bertz CT molecular complexity index is 382. The highest BCUT2D eigenvalue weighted by Crippen LogP contribution is 2.25. The summed E-state index contributed by atoms with van der Waals surface area (Å²) >= 11 is 2.04. The number of hydrogen-bond donors (Lipinski definition) is 2. The van der Waals surface area contributed by atoms with Crippen LogP contribution in [0.5, 0.6) is 0 Å². The van der Waals surface area contributed by atoms with Crippen molar-refractivity contribution in [2.75, 3.05) is 39.0 Å². The topological polar surface area (TPSA) is 56.7 Å². The van der Waals surface area contributed by atoms with Gasteiger partial charge in [-0.3, -0.25) is 9.79 Å². The van der Waals surface area contributed by atoms with Crippen LogP contribution in [-0.2, 0) is 4.79 Å². The Kier molecular flexibility index (Phi) is 7.36. The molecule has 2 saturated heterocycles. The zero-order valence-electron chi connectivity index (χ0n) is 13.9. The fourth-order valence-corrected chi connectivity index (χ4v) is 4.30. The van der Waals surface area contributed by atoms with Crippen LogP contribution >= 0.6 is 11.8 Å². The summed E-state index contributed by atoms with van der Waals surface area (Å²) in [4.78, 5) is 18.4. The molecule has 0 spiro atoms. The maximum absolute atomic E-state index is 12.2. The number of rotatable bonds is 5. The molecule has 22 heavy (non-hydrogen) atoms. The number of likely N-dealkylation sites (tertiary alicyclic amines) is 1. The van der Waals surface area contributed by atoms with Crippen LogP contribution in [0.15, 0.2) is 4.99 Å². The van der Waals surface area contributed by atoms with E-state index in [9.17, 15) is 4.79 Å². The van der Waals surface area contributed by atoms with Gasteiger partial charge in [-0.1, -0.05) is 6.92 Å². The summed E-state index contributed by atoms with van der Waals surface area (Å²) < 4.78 is 0. The largest absolute Gasteiger partial charge is 0.356 e. The van der Waals surface area contributed by atoms with Gasteiger partial charge in [0, 0.05) is 44.9 Å². The molecule has 2 unspecified atom stereocenters. The molecule has 0 radical (unpaired) electrons. The maximum atomic E-state index is 12.2. The van der Waals surface area contributed by atoms with Crippen LogP contribution in [-0.4, -0.2) is 61.0 Å². The molecule has 2 heterocycles. The Morgan fingerprint density at radius 2 is 2.18 bits per heavy atom. The maximum Gasteiger partial charge on any atom is 0.224 e. The first kappa shape index (κ1) is 17.4. The van der Waals surface area contributed by atoms with E-state index in [4.69, 9.17) is 0 Å². The molecule has 2 aliphatic heterocycles. The molecule has 0 aromatic rings. The zero-order chi connectivity index (χ0) is 15.8. The molecule has 0 aromatic heterocycles. The minimum atomic E-state index is 0.265. The molecule has 1 amide bonds. The Hall–Kier alpha value is -0.910. The second kappa shape index (κ2) is 9.28. The van der Waals surface area contributed by atoms with Gasteiger partial charge < -0.3 is 15.5 Å². The molecular formula is C16H30N4OS. The van der Waals surface area contributed by atoms with Crippen LogP contribution in [0, 0.1) is 5.92 Å². The fraction of sp³-hybridized carbons (Fsp3) is 0.875. The summed E-state index contributed by atoms with van der Waals surface area (Å²) in [6, 6.07) is 0. The molecule has 5 nitrogen and oxygen atoms in total. The van der Waals surface area contributed by atoms with Crippen molar-refractivity contribution in [1.29, 1.82) is 0 Å². The van der Waals surface area contributed by atoms with E-state index in [-0.39, 0.29) is 5.91 Å². The van der Waals surface area contributed by atoms with Gasteiger partial charge in [0.2, 0.25) is 5.91 Å². The van der Waals surface area contributed by atoms with Crippen molar-refractivity contribution in [3.8, 4) is 0 Å². The number of nitrogens with zero attached hydrogens (tertiary/aromatic N) is 2. The standard InChI is InChI=1S/C16H30N4OS/c1-13-5-3-9-20(12-13)15(21)7-8-18-16(17-2)19-11-14-6-4-10-22-14/h13-14H,3-12H2,1-2H3,(H2,17,18,19). The molecule has 2 atom stereocenters. The van der Waals surface area contributed by atoms with Crippen molar-refractivity contribution >= 4 is 23.6 Å². The van der Waals surface area contributed by atoms with E-state index in [0.717, 1.165) is 32.0 Å². The summed E-state index contributed by atoms with van der Waals surface area (Å²) in [6.07, 6.45) is 5.55. The number of nitrogens with one attached hydrogen (secondary N) is 2. The van der Waals surface area contributed by atoms with Gasteiger partial charge in [0.15, 0.2) is 5.96 Å². The second-order valence-electron chi connectivity index (χ2n) is 6.35. The zero-order valence-corrected chi connectivity index (χ0v) is 14.8. The smallest absolute Gasteiger partial charge is 0.224 e. The van der Waals surface area contributed by atoms with Crippen LogP contribution in [0.4, 0.5) is 0 Å². The number of aliphatic imine (C=N–C) groups is 1. The summed E-state index contributed by atoms with van der Waals surface area (Å²) in [5.41, 5.74) is 0. The number of guanidine groups is 1. The van der Waals surface area contributed by atoms with E-state index in [2.05, 4.69) is 22.5 Å². The minimum Gasteiger partial charge on any atom is -0.356 e. The Balaban J connectivity index is 1.62. The Labute approximate surface area is 138 Å². The summed E-state index contributed by atoms with van der Waals surface area (Å²) in [6.45, 7) is 5.69. The third kappa shape index (κ3) is 5.71. The summed E-state index contributed by atoms with van der Waals surface area (Å²) in [5, 5.41) is 7.33. The first-order valence-corrected chi connectivity index (χ1v) is 9.58. The summed E-state index contributed by atoms with van der Waals surface area (Å²) in [7, 11) is 1.78. The van der Waals surface area contributed by atoms with Crippen molar-refractivity contribution < 1.29 is 4.79 Å². The number of carbonyl (C=O) groups is 1. The lowest BCUT2D eigenvalue weighted by molar-refractivity contribution is -0.132. The molecule has 2 fully saturated rings. The van der Waals surface area contributed by atoms with Crippen molar-refractivity contribution in [3.05, 3.63) is 0 Å². The van der Waals surface area contributed by atoms with Crippen molar-refractivity contribution in [2.24, 2.45) is 10.9 Å². The monoisotopic (exact) mass is 326 g/mol. The number of piperidine rings is 1. The predicted molar refractivity (Wildman–Crippen MR) is 94.4 cm³/mol. The lowest BCUT2D eigenvalue weighted by atomic mass is 10.00. The van der Waals surface area contributed by atoms with Gasteiger partial charge in [0.05, 0.1) is 0 Å². The molecule has 0 aromatic carbocycles. The predicted octanol–water partition coefficient (Wildman–Crippen LogP) is 1.70. The first-order valence-electron chi connectivity index (χ1n) is 8.53. The van der Waals surface area contributed by atoms with Gasteiger partial charge in [-0.25, -0.2) is 0 Å². The van der Waals surface area contributed by atoms with Gasteiger partial charge >= 0.3 is 0 Å². The highest BCUT2D eigenvalue weighted by molar-refractivity contribution is 8.00. The van der Waals surface area contributed by atoms with E-state index in [0.29, 0.717) is 24.1 Å². The number of amides is 1. The van der Waals surface area contributed by atoms with Gasteiger partial charge in [-0.15, -0.1) is 0 Å². The molecule has 2 aliphatic rings. The molecule has 0 bridgehead atoms. The van der Waals surface area contributed by atoms with Crippen molar-refractivity contribution in [2.45, 2.75) is 44.3 Å². The van der Waals surface area contributed by atoms with Crippen LogP contribution < -0.4 is 10.6 Å². The third-order valence-electron chi connectivity index (χ3n) is 4.39. The lowest BCUT2D eigenvalue weighted by Crippen LogP contribution is -2.43. The molecule has 0 saturated carbocycles. The molecule has 2 N–H and O–H groups in total. The van der Waals surface area contributed by atoms with Gasteiger partial charge in [0.25, 0.3) is 0 Å². The SMILES string of the molecule is CN=C(NCCC(=O)N1CCCC(C)C1)NCC1CCCS1. The molecule has 0 aliphatic carbocycles. The minimum absolute atomic E-state index is 0.265. The third-order valence-corrected chi connectivity index (χ3v) is 5.78. The fourth-order valence-electron chi connectivity index (χ4n) is 3.10. The normalized spacial score (nSPS) is 26.1. The number of thioether (sulfide) groups is 1. The highest BCUT2D eigenvalue weighted by atomic mass is 32.2. The van der Waals surface area contributed by atoms with Crippen LogP contribution in [0.3, 0.4) is 0 Å². The molecule has 2 rings (SSSR count). The molecular weight excluding hydrogens is 296 g/mol. The van der Waals surface area contributed by atoms with E-state index >= 15 is 0 Å². The summed E-state index contributed by atoms with van der Waals surface area (Å²) in [5.74, 6) is 3.00. The van der Waals surface area contributed by atoms with Gasteiger partial charge in [-0.05, 0) is 37.4 Å². The van der Waals surface area contributed by atoms with Crippen LogP contribution in [0.25, 0.3) is 0 Å². The number of carbonyl (C=O) groups excluding carboxylic acids is 1. The van der Waals surface area contributed by atoms with E-state index in [1.165, 1.54) is 25.0 Å². The van der Waals surface area contributed by atoms with Crippen LogP contribution in [0.2, 0.25) is 0 Å². The highest BCUT2D eigenvalue weighted by Gasteiger charge is 2.20. The van der Waals surface area contributed by atoms with E-state index in [1.54, 1.807) is 7.05 Å². The second-order valence-corrected chi connectivity index (χ2v) is 7.76. The van der Waals surface area contributed by atoms with Gasteiger partial charge in [-0.2, -0.15) is 11.8 Å². The average molecular weight is 327 g/mol. The number of hydrogen-bond acceptors (Lipinski definition) is 3. The van der Waals surface area contributed by atoms with Crippen molar-refractivity contribution in [1.82, 2.24) is 15.5 Å². The molecule has 6 heteroatoms. The molecule has 126 valence electrons. The van der Waals surface area contributed by atoms with Crippen LogP contribution in [0.1, 0.15) is 39.0 Å². The Morgan fingerprint density at radius 3 is 2.86 bits per heavy atom. The van der Waals surface area contributed by atoms with E-state index < -0.39 is 0 Å². The quantitative estimate of drug-likeness (QED) is 0.596. The Morgan fingerprint density at radius 1 is 1.32 bits per heavy atom. The van der Waals surface area contributed by atoms with Crippen molar-refractivity contribution in [3.63, 3.8) is 0 Å². The first-order chi connectivity index (χ1) is 10.7. The lowest BCUT2D eigenvalue weighted by Gasteiger charge is -2.31. The van der Waals surface area contributed by atoms with Gasteiger partial charge in [0.1, 0.15) is 0 Å².